The Morgan fingerprint density at radius 3 is 2.00 bits per heavy atom. The van der Waals surface area contributed by atoms with E-state index in [1.807, 2.05) is 13.8 Å². The molecule has 0 N–H and O–H groups in total. The van der Waals surface area contributed by atoms with Crippen molar-refractivity contribution in [3.8, 4) is 0 Å². The lowest BCUT2D eigenvalue weighted by Gasteiger charge is -1.95. The van der Waals surface area contributed by atoms with Crippen molar-refractivity contribution < 1.29 is 4.39 Å². The van der Waals surface area contributed by atoms with Gasteiger partial charge in [-0.1, -0.05) is 19.9 Å². The molecule has 0 rings (SSSR count). The summed E-state index contributed by atoms with van der Waals surface area (Å²) in [4.78, 5) is 0. The molecular weight excluding hydrogens is 91.1 g/mol. The van der Waals surface area contributed by atoms with Gasteiger partial charge in [-0.3, -0.25) is 0 Å². The molecule has 0 aliphatic rings. The van der Waals surface area contributed by atoms with Crippen molar-refractivity contribution in [2.24, 2.45) is 5.92 Å². The van der Waals surface area contributed by atoms with Gasteiger partial charge in [-0.25, -0.2) is 4.39 Å². The van der Waals surface area contributed by atoms with Gasteiger partial charge in [-0.15, -0.1) is 0 Å². The third-order valence-corrected chi connectivity index (χ3v) is 0.827. The van der Waals surface area contributed by atoms with Crippen molar-refractivity contribution in [1.82, 2.24) is 0 Å². The van der Waals surface area contributed by atoms with Gasteiger partial charge in [0.25, 0.3) is 0 Å². The van der Waals surface area contributed by atoms with Gasteiger partial charge in [-0.05, 0) is 6.92 Å². The smallest absolute Gasteiger partial charge is 0.0982 e. The second-order valence-electron chi connectivity index (χ2n) is 1.83. The zero-order chi connectivity index (χ0) is 5.86. The molecule has 7 heavy (non-hydrogen) atoms. The summed E-state index contributed by atoms with van der Waals surface area (Å²) in [5, 5.41) is 0. The predicted molar refractivity (Wildman–Crippen MR) is 29.7 cm³/mol. The molecule has 42 valence electrons. The maximum atomic E-state index is 12.1. The van der Waals surface area contributed by atoms with E-state index in [2.05, 4.69) is 0 Å². The van der Waals surface area contributed by atoms with Crippen LogP contribution >= 0.6 is 0 Å². The van der Waals surface area contributed by atoms with Gasteiger partial charge in [0, 0.05) is 5.92 Å². The highest BCUT2D eigenvalue weighted by molar-refractivity contribution is 4.90. The number of allylic oxidation sites excluding steroid dienone is 2. The molecule has 1 heteroatoms. The van der Waals surface area contributed by atoms with Crippen molar-refractivity contribution in [3.05, 3.63) is 11.9 Å². The largest absolute Gasteiger partial charge is 0.212 e. The summed E-state index contributed by atoms with van der Waals surface area (Å²) < 4.78 is 12.1. The minimum absolute atomic E-state index is 0.0278. The van der Waals surface area contributed by atoms with E-state index in [4.69, 9.17) is 0 Å². The molecule has 0 aliphatic carbocycles. The fourth-order valence-corrected chi connectivity index (χ4v) is 0.333. The molecule has 0 aromatic heterocycles. The third-order valence-electron chi connectivity index (χ3n) is 0.827. The monoisotopic (exact) mass is 102 g/mol. The first-order valence-corrected chi connectivity index (χ1v) is 2.50. The molecule has 0 heterocycles. The average Bonchev–Trinajstić information content (AvgIpc) is 1.65. The summed E-state index contributed by atoms with van der Waals surface area (Å²) in [6, 6.07) is 0. The molecule has 0 fully saturated rings. The standard InChI is InChI=1S/C6H11F/c1-4-6(7)5(2)3/h4-5H,1-3H3/b6-4-. The van der Waals surface area contributed by atoms with Crippen LogP contribution in [0.1, 0.15) is 20.8 Å². The predicted octanol–water partition coefficient (Wildman–Crippen LogP) is 2.52. The normalized spacial score (nSPS) is 13.0. The third kappa shape index (κ3) is 2.38. The molecule has 0 radical (unpaired) electrons. The zero-order valence-corrected chi connectivity index (χ0v) is 5.03. The molecule has 0 saturated heterocycles. The van der Waals surface area contributed by atoms with Crippen molar-refractivity contribution in [2.75, 3.05) is 0 Å². The van der Waals surface area contributed by atoms with Crippen LogP contribution in [0.5, 0.6) is 0 Å². The minimum atomic E-state index is -0.0278. The Balaban J connectivity index is 3.56. The summed E-state index contributed by atoms with van der Waals surface area (Å²) in [7, 11) is 0. The molecule has 0 nitrogen and oxygen atoms in total. The highest BCUT2D eigenvalue weighted by Crippen LogP contribution is 2.08. The van der Waals surface area contributed by atoms with Crippen LogP contribution in [0.4, 0.5) is 4.39 Å². The van der Waals surface area contributed by atoms with E-state index in [1.165, 1.54) is 6.08 Å². The summed E-state index contributed by atoms with van der Waals surface area (Å²) >= 11 is 0. The topological polar surface area (TPSA) is 0 Å². The van der Waals surface area contributed by atoms with E-state index in [0.29, 0.717) is 0 Å². The maximum absolute atomic E-state index is 12.1. The molecule has 0 spiro atoms. The van der Waals surface area contributed by atoms with Crippen LogP contribution in [0.25, 0.3) is 0 Å². The highest BCUT2D eigenvalue weighted by Gasteiger charge is 1.95. The van der Waals surface area contributed by atoms with Gasteiger partial charge >= 0.3 is 0 Å². The first-order chi connectivity index (χ1) is 3.18. The Kier molecular flexibility index (Phi) is 2.65. The molecular formula is C6H11F. The Bertz CT molecular complexity index is 72.2. The molecule has 0 saturated carbocycles. The Hall–Kier alpha value is -0.330. The molecule has 0 aromatic rings. The van der Waals surface area contributed by atoms with Crippen LogP contribution in [-0.2, 0) is 0 Å². The van der Waals surface area contributed by atoms with Gasteiger partial charge in [0.1, 0.15) is 0 Å². The van der Waals surface area contributed by atoms with E-state index in [-0.39, 0.29) is 11.7 Å². The number of halogens is 1. The van der Waals surface area contributed by atoms with Gasteiger partial charge < -0.3 is 0 Å². The van der Waals surface area contributed by atoms with E-state index in [9.17, 15) is 4.39 Å². The van der Waals surface area contributed by atoms with Crippen LogP contribution in [-0.4, -0.2) is 0 Å². The molecule has 0 amide bonds. The van der Waals surface area contributed by atoms with E-state index in [0.717, 1.165) is 0 Å². The summed E-state index contributed by atoms with van der Waals surface area (Å²) in [6.45, 7) is 5.36. The quantitative estimate of drug-likeness (QED) is 0.477. The average molecular weight is 102 g/mol. The SMILES string of the molecule is C/C=C(\F)C(C)C. The Morgan fingerprint density at radius 1 is 1.57 bits per heavy atom. The zero-order valence-electron chi connectivity index (χ0n) is 5.03. The van der Waals surface area contributed by atoms with E-state index >= 15 is 0 Å². The van der Waals surface area contributed by atoms with Crippen LogP contribution < -0.4 is 0 Å². The lowest BCUT2D eigenvalue weighted by Crippen LogP contribution is -1.83. The van der Waals surface area contributed by atoms with Crippen LogP contribution in [0.2, 0.25) is 0 Å². The second-order valence-corrected chi connectivity index (χ2v) is 1.83. The minimum Gasteiger partial charge on any atom is -0.212 e. The molecule has 0 unspecified atom stereocenters. The number of hydrogen-bond donors (Lipinski definition) is 0. The lowest BCUT2D eigenvalue weighted by atomic mass is 10.2. The summed E-state index contributed by atoms with van der Waals surface area (Å²) in [5.74, 6) is 0.0324. The first-order valence-electron chi connectivity index (χ1n) is 2.50. The highest BCUT2D eigenvalue weighted by atomic mass is 19.1. The van der Waals surface area contributed by atoms with Crippen LogP contribution in [0, 0.1) is 5.92 Å². The van der Waals surface area contributed by atoms with Crippen LogP contribution in [0.15, 0.2) is 11.9 Å². The summed E-state index contributed by atoms with van der Waals surface area (Å²) in [5.41, 5.74) is 0. The maximum Gasteiger partial charge on any atom is 0.0982 e. The van der Waals surface area contributed by atoms with Crippen molar-refractivity contribution in [1.29, 1.82) is 0 Å². The molecule has 0 bridgehead atoms. The number of hydrogen-bond acceptors (Lipinski definition) is 0. The lowest BCUT2D eigenvalue weighted by molar-refractivity contribution is 0.518. The fourth-order valence-electron chi connectivity index (χ4n) is 0.333. The second kappa shape index (κ2) is 2.78. The van der Waals surface area contributed by atoms with Crippen molar-refractivity contribution in [3.63, 3.8) is 0 Å². The van der Waals surface area contributed by atoms with Crippen LogP contribution in [0.3, 0.4) is 0 Å². The van der Waals surface area contributed by atoms with E-state index < -0.39 is 0 Å². The van der Waals surface area contributed by atoms with Crippen molar-refractivity contribution in [2.45, 2.75) is 20.8 Å². The fraction of sp³-hybridized carbons (Fsp3) is 0.667. The van der Waals surface area contributed by atoms with Gasteiger partial charge in [0.2, 0.25) is 0 Å². The molecule has 0 atom stereocenters. The van der Waals surface area contributed by atoms with Crippen molar-refractivity contribution >= 4 is 0 Å². The Morgan fingerprint density at radius 2 is 2.00 bits per heavy atom. The molecule has 0 aromatic carbocycles. The van der Waals surface area contributed by atoms with Gasteiger partial charge in [0.15, 0.2) is 0 Å². The number of rotatable bonds is 1. The van der Waals surface area contributed by atoms with E-state index in [1.54, 1.807) is 6.92 Å². The van der Waals surface area contributed by atoms with Gasteiger partial charge in [-0.2, -0.15) is 0 Å². The summed E-state index contributed by atoms with van der Waals surface area (Å²) in [6.07, 6.45) is 1.49. The Labute approximate surface area is 44.0 Å². The first kappa shape index (κ1) is 6.67. The van der Waals surface area contributed by atoms with Gasteiger partial charge in [0.05, 0.1) is 5.83 Å². The molecule has 0 aliphatic heterocycles.